The minimum absolute atomic E-state index is 0. The first-order valence-electron chi connectivity index (χ1n) is 12.9. The number of thioether (sulfide) groups is 1. The van der Waals surface area contributed by atoms with Gasteiger partial charge in [-0.05, 0) is 97.6 Å². The van der Waals surface area contributed by atoms with Gasteiger partial charge in [-0.3, -0.25) is 0 Å². The van der Waals surface area contributed by atoms with E-state index < -0.39 is 0 Å². The van der Waals surface area contributed by atoms with Crippen molar-refractivity contribution in [2.24, 2.45) is 5.92 Å². The van der Waals surface area contributed by atoms with Crippen LogP contribution in [-0.2, 0) is 25.1 Å². The van der Waals surface area contributed by atoms with Crippen molar-refractivity contribution in [1.82, 2.24) is 0 Å². The number of hydrogen-bond acceptors (Lipinski definition) is 3. The summed E-state index contributed by atoms with van der Waals surface area (Å²) >= 11 is 3.82. The number of fused-ring (bicyclic) bond motifs is 3. The van der Waals surface area contributed by atoms with Crippen molar-refractivity contribution in [2.75, 3.05) is 11.4 Å². The average molecular weight is 548 g/mol. The van der Waals surface area contributed by atoms with Gasteiger partial charge in [0.1, 0.15) is 12.1 Å². The van der Waals surface area contributed by atoms with Crippen LogP contribution < -0.4 is 9.47 Å². The van der Waals surface area contributed by atoms with Gasteiger partial charge < -0.3 is 4.90 Å². The topological polar surface area (TPSA) is 7.12 Å². The first kappa shape index (κ1) is 25.7. The molecule has 2 heterocycles. The summed E-state index contributed by atoms with van der Waals surface area (Å²) in [4.78, 5) is 3.85. The van der Waals surface area contributed by atoms with Gasteiger partial charge in [0.05, 0.1) is 10.7 Å². The van der Waals surface area contributed by atoms with Crippen molar-refractivity contribution in [1.29, 1.82) is 0 Å². The van der Waals surface area contributed by atoms with E-state index in [0.717, 1.165) is 13.1 Å². The molecule has 0 saturated carbocycles. The zero-order chi connectivity index (χ0) is 23.9. The number of hydrogen-bond donors (Lipinski definition) is 0. The Morgan fingerprint density at radius 2 is 1.97 bits per heavy atom. The van der Waals surface area contributed by atoms with Crippen molar-refractivity contribution in [3.8, 4) is 0 Å². The molecular weight excluding hydrogens is 515 g/mol. The molecule has 0 bridgehead atoms. The largest absolute Gasteiger partial charge is 0.335 e. The number of benzene rings is 2. The fraction of sp³-hybridized carbons (Fsp3) is 0.323. The maximum Gasteiger partial charge on any atom is 0.249 e. The van der Waals surface area contributed by atoms with E-state index in [2.05, 4.69) is 90.9 Å². The number of rotatable bonds is 4. The fourth-order valence-electron chi connectivity index (χ4n) is 5.62. The van der Waals surface area contributed by atoms with E-state index in [0.29, 0.717) is 5.92 Å². The Kier molecular flexibility index (Phi) is 7.69. The molecule has 2 aliphatic carbocycles. The van der Waals surface area contributed by atoms with Crippen LogP contribution in [0.3, 0.4) is 0 Å². The van der Waals surface area contributed by atoms with Gasteiger partial charge in [-0.1, -0.05) is 41.3 Å². The smallest absolute Gasteiger partial charge is 0.249 e. The molecule has 3 aliphatic rings. The van der Waals surface area contributed by atoms with Crippen LogP contribution in [-0.4, -0.2) is 6.54 Å². The second-order valence-electron chi connectivity index (χ2n) is 9.74. The number of allylic oxidation sites excluding steroid dienone is 6. The normalized spacial score (nSPS) is 21.3. The average Bonchev–Trinajstić information content (AvgIpc) is 3.39. The fourth-order valence-corrected chi connectivity index (χ4v) is 7.99. The van der Waals surface area contributed by atoms with Gasteiger partial charge in [-0.25, -0.2) is 4.57 Å². The molecule has 1 aromatic heterocycles. The van der Waals surface area contributed by atoms with Crippen LogP contribution in [0.5, 0.6) is 0 Å². The monoisotopic (exact) mass is 547 g/mol. The van der Waals surface area contributed by atoms with Gasteiger partial charge in [0.2, 0.25) is 5.01 Å². The molecule has 183 valence electrons. The van der Waals surface area contributed by atoms with E-state index in [-0.39, 0.29) is 18.6 Å². The van der Waals surface area contributed by atoms with E-state index in [1.165, 1.54) is 78.8 Å². The van der Waals surface area contributed by atoms with Gasteiger partial charge in [0.15, 0.2) is 0 Å². The molecule has 6 rings (SSSR count). The molecule has 2 nitrogen and oxygen atoms in total. The summed E-state index contributed by atoms with van der Waals surface area (Å²) in [7, 11) is 0. The molecule has 0 N–H and O–H groups in total. The predicted octanol–water partition coefficient (Wildman–Crippen LogP) is 8.23. The molecule has 1 radical (unpaired) electrons. The Balaban J connectivity index is 0.00000267. The molecule has 2 aromatic carbocycles. The van der Waals surface area contributed by atoms with Gasteiger partial charge in [0, 0.05) is 36.1 Å². The van der Waals surface area contributed by atoms with E-state index in [4.69, 9.17) is 0 Å². The SMILES string of the molecule is CCN1C(=CC2=CC3=CC(=Cc4sc5cc[c-]cc5[n+]4CC)CCC3CC2)Sc2ccc(C)cc21.[V]. The molecule has 3 aromatic rings. The van der Waals surface area contributed by atoms with Crippen molar-refractivity contribution in [3.63, 3.8) is 0 Å². The third-order valence-corrected chi connectivity index (χ3v) is 9.67. The summed E-state index contributed by atoms with van der Waals surface area (Å²) in [6, 6.07) is 16.4. The molecule has 0 amide bonds. The summed E-state index contributed by atoms with van der Waals surface area (Å²) in [6.45, 7) is 8.67. The third kappa shape index (κ3) is 4.81. The van der Waals surface area contributed by atoms with Crippen LogP contribution in [0.4, 0.5) is 5.69 Å². The van der Waals surface area contributed by atoms with Crippen LogP contribution in [0.15, 0.2) is 81.3 Å². The Hall–Kier alpha value is -1.98. The molecule has 0 saturated heterocycles. The maximum atomic E-state index is 3.25. The standard InChI is InChI=1S/C31H32N2S2.V/c1-4-32-26-8-6-7-9-28(26)34-30(32)19-22-11-13-24-14-12-23(18-25(24)17-22)20-31-33(5-2)27-16-21(3)10-15-29(27)35-31;/h7-10,15-20,24H,4-5,11-14H2,1-3H3;. The summed E-state index contributed by atoms with van der Waals surface area (Å²) < 4.78 is 3.77. The molecule has 5 heteroatoms. The molecule has 1 atom stereocenters. The summed E-state index contributed by atoms with van der Waals surface area (Å²) in [5, 5.41) is 2.72. The van der Waals surface area contributed by atoms with Crippen LogP contribution in [0, 0.1) is 18.9 Å². The van der Waals surface area contributed by atoms with Crippen LogP contribution >= 0.6 is 23.1 Å². The minimum Gasteiger partial charge on any atom is -0.335 e. The number of aryl methyl sites for hydroxylation is 2. The zero-order valence-corrected chi connectivity index (χ0v) is 24.3. The number of anilines is 1. The van der Waals surface area contributed by atoms with E-state index in [1.807, 2.05) is 29.2 Å². The molecule has 0 fully saturated rings. The second-order valence-corrected chi connectivity index (χ2v) is 11.9. The van der Waals surface area contributed by atoms with Crippen LogP contribution in [0.25, 0.3) is 16.3 Å². The van der Waals surface area contributed by atoms with Crippen LogP contribution in [0.1, 0.15) is 50.1 Å². The minimum atomic E-state index is 0. The summed E-state index contributed by atoms with van der Waals surface area (Å²) in [6.07, 6.45) is 14.8. The Labute approximate surface area is 235 Å². The predicted molar refractivity (Wildman–Crippen MR) is 151 cm³/mol. The van der Waals surface area contributed by atoms with Gasteiger partial charge >= 0.3 is 0 Å². The summed E-state index contributed by atoms with van der Waals surface area (Å²) in [5.41, 5.74) is 8.46. The van der Waals surface area contributed by atoms with E-state index >= 15 is 0 Å². The van der Waals surface area contributed by atoms with Crippen molar-refractivity contribution >= 4 is 45.1 Å². The molecule has 36 heavy (non-hydrogen) atoms. The second kappa shape index (κ2) is 10.8. The Morgan fingerprint density at radius 3 is 2.81 bits per heavy atom. The van der Waals surface area contributed by atoms with E-state index in [9.17, 15) is 0 Å². The number of thiazole rings is 1. The Bertz CT molecular complexity index is 1430. The maximum absolute atomic E-state index is 3.25. The molecule has 1 aliphatic heterocycles. The first-order chi connectivity index (χ1) is 17.1. The number of nitrogens with zero attached hydrogens (tertiary/aromatic N) is 2. The van der Waals surface area contributed by atoms with Gasteiger partial charge in [-0.15, -0.1) is 12.1 Å². The van der Waals surface area contributed by atoms with Crippen molar-refractivity contribution in [2.45, 2.75) is 57.9 Å². The third-order valence-electron chi connectivity index (χ3n) is 7.45. The Morgan fingerprint density at radius 1 is 1.11 bits per heavy atom. The van der Waals surface area contributed by atoms with Gasteiger partial charge in [-0.2, -0.15) is 12.1 Å². The zero-order valence-electron chi connectivity index (χ0n) is 21.3. The number of aromatic nitrogens is 1. The van der Waals surface area contributed by atoms with Crippen LogP contribution in [0.2, 0.25) is 0 Å². The van der Waals surface area contributed by atoms with Crippen molar-refractivity contribution in [3.05, 3.63) is 93.0 Å². The first-order valence-corrected chi connectivity index (χ1v) is 14.5. The molecule has 1 unspecified atom stereocenters. The summed E-state index contributed by atoms with van der Waals surface area (Å²) in [5.74, 6) is 0.711. The molecule has 0 spiro atoms. The molecular formula is C31H32N2S2V. The van der Waals surface area contributed by atoms with E-state index in [1.54, 1.807) is 0 Å². The van der Waals surface area contributed by atoms with Gasteiger partial charge in [0.25, 0.3) is 0 Å². The quantitative estimate of drug-likeness (QED) is 0.240. The van der Waals surface area contributed by atoms with Crippen molar-refractivity contribution < 1.29 is 23.1 Å².